The highest BCUT2D eigenvalue weighted by atomic mass is 16.6. The number of carbonyl (C=O) groups is 2. The van der Waals surface area contributed by atoms with E-state index >= 15 is 0 Å². The molecule has 0 fully saturated rings. The average Bonchev–Trinajstić information content (AvgIpc) is 2.62. The number of rotatable bonds is 17. The molecule has 1 unspecified atom stereocenters. The van der Waals surface area contributed by atoms with Gasteiger partial charge in [0.15, 0.2) is 0 Å². The van der Waals surface area contributed by atoms with Crippen LogP contribution >= 0.6 is 0 Å². The zero-order valence-electron chi connectivity index (χ0n) is 17.7. The molecule has 0 aliphatic rings. The number of esters is 2. The molecule has 1 atom stereocenters. The van der Waals surface area contributed by atoms with E-state index in [0.717, 1.165) is 12.8 Å². The van der Waals surface area contributed by atoms with Gasteiger partial charge in [-0.05, 0) is 6.42 Å². The van der Waals surface area contributed by atoms with Crippen molar-refractivity contribution < 1.29 is 19.1 Å². The van der Waals surface area contributed by atoms with Crippen molar-refractivity contribution in [1.29, 1.82) is 0 Å². The van der Waals surface area contributed by atoms with Crippen molar-refractivity contribution in [3.63, 3.8) is 0 Å². The lowest BCUT2D eigenvalue weighted by Gasteiger charge is -2.18. The third-order valence-electron chi connectivity index (χ3n) is 4.78. The maximum absolute atomic E-state index is 11.8. The molecule has 0 heterocycles. The molecule has 0 saturated carbocycles. The Balaban J connectivity index is 3.49. The molecule has 0 aliphatic heterocycles. The van der Waals surface area contributed by atoms with Gasteiger partial charge in [-0.15, -0.1) is 0 Å². The third kappa shape index (κ3) is 14.1. The van der Waals surface area contributed by atoms with Gasteiger partial charge in [0, 0.05) is 12.3 Å². The summed E-state index contributed by atoms with van der Waals surface area (Å²) in [5, 5.41) is 0. The van der Waals surface area contributed by atoms with Crippen LogP contribution in [0.3, 0.4) is 0 Å². The lowest BCUT2D eigenvalue weighted by Crippen LogP contribution is -2.33. The Bertz CT molecular complexity index is 352. The van der Waals surface area contributed by atoms with Crippen molar-refractivity contribution in [2.45, 2.75) is 117 Å². The van der Waals surface area contributed by atoms with Crippen LogP contribution < -0.4 is 0 Å². The van der Waals surface area contributed by atoms with Crippen molar-refractivity contribution in [3.05, 3.63) is 0 Å². The van der Waals surface area contributed by atoms with E-state index in [1.165, 1.54) is 77.7 Å². The standard InChI is InChI=1S/C22H42O4/c1-5-6-7-8-9-10-11-12-13-14-15-16-17-18-20(23)26-21(19(2)3)22(24)25-4/h19,21H,5-18H2,1-4H3. The van der Waals surface area contributed by atoms with E-state index in [1.54, 1.807) is 0 Å². The third-order valence-corrected chi connectivity index (χ3v) is 4.78. The minimum atomic E-state index is -0.783. The molecule has 4 heteroatoms. The smallest absolute Gasteiger partial charge is 0.347 e. The van der Waals surface area contributed by atoms with Crippen LogP contribution in [0.2, 0.25) is 0 Å². The summed E-state index contributed by atoms with van der Waals surface area (Å²) in [4.78, 5) is 23.4. The fraction of sp³-hybridized carbons (Fsp3) is 0.909. The fourth-order valence-corrected chi connectivity index (χ4v) is 3.06. The molecule has 4 nitrogen and oxygen atoms in total. The van der Waals surface area contributed by atoms with Gasteiger partial charge in [-0.25, -0.2) is 4.79 Å². The van der Waals surface area contributed by atoms with E-state index in [4.69, 9.17) is 4.74 Å². The van der Waals surface area contributed by atoms with Gasteiger partial charge in [0.2, 0.25) is 6.10 Å². The molecule has 0 N–H and O–H groups in total. The van der Waals surface area contributed by atoms with Crippen LogP contribution in [-0.2, 0) is 19.1 Å². The Morgan fingerprint density at radius 2 is 1.15 bits per heavy atom. The highest BCUT2D eigenvalue weighted by Gasteiger charge is 2.26. The molecular formula is C22H42O4. The number of hydrogen-bond acceptors (Lipinski definition) is 4. The predicted molar refractivity (Wildman–Crippen MR) is 107 cm³/mol. The predicted octanol–water partition coefficient (Wildman–Crippen LogP) is 6.21. The summed E-state index contributed by atoms with van der Waals surface area (Å²) >= 11 is 0. The van der Waals surface area contributed by atoms with Crippen LogP contribution in [0.4, 0.5) is 0 Å². The molecule has 0 aromatic carbocycles. The Morgan fingerprint density at radius 3 is 1.54 bits per heavy atom. The van der Waals surface area contributed by atoms with Gasteiger partial charge in [0.25, 0.3) is 0 Å². The van der Waals surface area contributed by atoms with Gasteiger partial charge < -0.3 is 9.47 Å². The summed E-state index contributed by atoms with van der Waals surface area (Å²) < 4.78 is 9.94. The van der Waals surface area contributed by atoms with Crippen molar-refractivity contribution in [2.24, 2.45) is 5.92 Å². The number of ether oxygens (including phenoxy) is 2. The Morgan fingerprint density at radius 1 is 0.731 bits per heavy atom. The second-order valence-corrected chi connectivity index (χ2v) is 7.67. The highest BCUT2D eigenvalue weighted by Crippen LogP contribution is 2.14. The fourth-order valence-electron chi connectivity index (χ4n) is 3.06. The van der Waals surface area contributed by atoms with E-state index in [0.29, 0.717) is 6.42 Å². The van der Waals surface area contributed by atoms with E-state index in [2.05, 4.69) is 11.7 Å². The Kier molecular flexibility index (Phi) is 16.7. The van der Waals surface area contributed by atoms with Crippen LogP contribution in [0, 0.1) is 5.92 Å². The molecule has 26 heavy (non-hydrogen) atoms. The average molecular weight is 371 g/mol. The molecule has 0 aliphatic carbocycles. The number of hydrogen-bond donors (Lipinski definition) is 0. The molecule has 0 spiro atoms. The van der Waals surface area contributed by atoms with Crippen molar-refractivity contribution in [3.8, 4) is 0 Å². The van der Waals surface area contributed by atoms with Gasteiger partial charge in [0.1, 0.15) is 0 Å². The molecule has 0 amide bonds. The van der Waals surface area contributed by atoms with Crippen molar-refractivity contribution in [2.75, 3.05) is 7.11 Å². The van der Waals surface area contributed by atoms with Crippen molar-refractivity contribution in [1.82, 2.24) is 0 Å². The second kappa shape index (κ2) is 17.4. The van der Waals surface area contributed by atoms with Crippen LogP contribution in [0.15, 0.2) is 0 Å². The molecule has 0 aromatic rings. The van der Waals surface area contributed by atoms with Crippen LogP contribution in [-0.4, -0.2) is 25.2 Å². The first-order valence-electron chi connectivity index (χ1n) is 10.8. The van der Waals surface area contributed by atoms with Gasteiger partial charge in [-0.1, -0.05) is 97.8 Å². The van der Waals surface area contributed by atoms with Crippen LogP contribution in [0.25, 0.3) is 0 Å². The van der Waals surface area contributed by atoms with Gasteiger partial charge in [0.05, 0.1) is 7.11 Å². The topological polar surface area (TPSA) is 52.6 Å². The van der Waals surface area contributed by atoms with E-state index in [9.17, 15) is 9.59 Å². The maximum Gasteiger partial charge on any atom is 0.347 e. The van der Waals surface area contributed by atoms with E-state index < -0.39 is 12.1 Å². The quantitative estimate of drug-likeness (QED) is 0.226. The zero-order valence-corrected chi connectivity index (χ0v) is 17.7. The molecule has 0 aromatic heterocycles. The monoisotopic (exact) mass is 370 g/mol. The summed E-state index contributed by atoms with van der Waals surface area (Å²) in [5.74, 6) is -0.839. The first-order valence-corrected chi connectivity index (χ1v) is 10.8. The van der Waals surface area contributed by atoms with E-state index in [-0.39, 0.29) is 11.9 Å². The maximum atomic E-state index is 11.8. The van der Waals surface area contributed by atoms with E-state index in [1.807, 2.05) is 13.8 Å². The molecule has 154 valence electrons. The summed E-state index contributed by atoms with van der Waals surface area (Å²) in [6.45, 7) is 5.95. The summed E-state index contributed by atoms with van der Waals surface area (Å²) in [7, 11) is 1.32. The van der Waals surface area contributed by atoms with Crippen molar-refractivity contribution >= 4 is 11.9 Å². The summed E-state index contributed by atoms with van der Waals surface area (Å²) in [5.41, 5.74) is 0. The Hall–Kier alpha value is -1.06. The Labute approximate surface area is 161 Å². The first kappa shape index (κ1) is 24.9. The molecule has 0 bridgehead atoms. The minimum absolute atomic E-state index is 0.0713. The zero-order chi connectivity index (χ0) is 19.6. The van der Waals surface area contributed by atoms with Gasteiger partial charge in [-0.3, -0.25) is 4.79 Å². The number of methoxy groups -OCH3 is 1. The molecule has 0 radical (unpaired) electrons. The summed E-state index contributed by atoms with van der Waals surface area (Å²) in [6, 6.07) is 0. The number of unbranched alkanes of at least 4 members (excludes halogenated alkanes) is 12. The lowest BCUT2D eigenvalue weighted by molar-refractivity contribution is -0.169. The lowest BCUT2D eigenvalue weighted by atomic mass is 10.0. The second-order valence-electron chi connectivity index (χ2n) is 7.67. The largest absolute Gasteiger partial charge is 0.466 e. The highest BCUT2D eigenvalue weighted by molar-refractivity contribution is 5.79. The van der Waals surface area contributed by atoms with Crippen LogP contribution in [0.1, 0.15) is 111 Å². The van der Waals surface area contributed by atoms with Crippen LogP contribution in [0.5, 0.6) is 0 Å². The number of carbonyl (C=O) groups excluding carboxylic acids is 2. The molecule has 0 rings (SSSR count). The molecular weight excluding hydrogens is 328 g/mol. The summed E-state index contributed by atoms with van der Waals surface area (Å²) in [6.07, 6.45) is 16.2. The SMILES string of the molecule is CCCCCCCCCCCCCCCC(=O)OC(C(=O)OC)C(C)C. The minimum Gasteiger partial charge on any atom is -0.466 e. The first-order chi connectivity index (χ1) is 12.5. The van der Waals surface area contributed by atoms with Gasteiger partial charge >= 0.3 is 11.9 Å². The normalized spacial score (nSPS) is 12.2. The molecule has 0 saturated heterocycles. The van der Waals surface area contributed by atoms with Gasteiger partial charge in [-0.2, -0.15) is 0 Å².